The van der Waals surface area contributed by atoms with Gasteiger partial charge >= 0.3 is 6.18 Å². The van der Waals surface area contributed by atoms with Gasteiger partial charge in [-0.2, -0.15) is 13.2 Å². The quantitative estimate of drug-likeness (QED) is 0.445. The minimum absolute atomic E-state index is 0.153. The molecule has 1 fully saturated rings. The van der Waals surface area contributed by atoms with Gasteiger partial charge in [0, 0.05) is 61.7 Å². The number of ketones is 1. The Morgan fingerprint density at radius 2 is 1.83 bits per heavy atom. The fourth-order valence-corrected chi connectivity index (χ4v) is 6.15. The van der Waals surface area contributed by atoms with Crippen LogP contribution in [0, 0.1) is 18.8 Å². The van der Waals surface area contributed by atoms with E-state index >= 15 is 0 Å². The molecule has 0 aromatic carbocycles. The lowest BCUT2D eigenvalue weighted by atomic mass is 9.78. The van der Waals surface area contributed by atoms with Crippen LogP contribution in [0.15, 0.2) is 12.4 Å². The third-order valence-electron chi connectivity index (χ3n) is 7.38. The van der Waals surface area contributed by atoms with Crippen molar-refractivity contribution in [2.24, 2.45) is 11.8 Å². The Morgan fingerprint density at radius 3 is 2.54 bits per heavy atom. The van der Waals surface area contributed by atoms with Gasteiger partial charge in [-0.3, -0.25) is 4.79 Å². The number of hydrogen-bond acceptors (Lipinski definition) is 6. The SMILES string of the molecule is Cc1ncc(CC(=O)CC2CCC(CCN3CCc4cnc(CCC(F)(F)F)nc4CC3)CC2)s1. The van der Waals surface area contributed by atoms with E-state index in [4.69, 9.17) is 0 Å². The van der Waals surface area contributed by atoms with E-state index in [2.05, 4.69) is 19.9 Å². The van der Waals surface area contributed by atoms with Crippen molar-refractivity contribution in [3.05, 3.63) is 39.4 Å². The molecule has 2 aromatic heterocycles. The molecule has 0 amide bonds. The predicted octanol–water partition coefficient (Wildman–Crippen LogP) is 5.54. The molecule has 1 aliphatic carbocycles. The Labute approximate surface area is 209 Å². The number of nitrogens with zero attached hydrogens (tertiary/aromatic N) is 4. The van der Waals surface area contributed by atoms with Crippen LogP contribution in [-0.2, 0) is 30.5 Å². The third-order valence-corrected chi connectivity index (χ3v) is 8.29. The molecule has 1 aliphatic heterocycles. The van der Waals surface area contributed by atoms with E-state index in [1.54, 1.807) is 17.5 Å². The molecule has 0 saturated heterocycles. The van der Waals surface area contributed by atoms with Crippen molar-refractivity contribution in [2.45, 2.75) is 83.7 Å². The van der Waals surface area contributed by atoms with Crippen molar-refractivity contribution in [1.82, 2.24) is 19.9 Å². The second-order valence-corrected chi connectivity index (χ2v) is 11.5. The van der Waals surface area contributed by atoms with Crippen LogP contribution < -0.4 is 0 Å². The number of alkyl halides is 3. The van der Waals surface area contributed by atoms with E-state index in [0.29, 0.717) is 36.3 Å². The molecule has 0 N–H and O–H groups in total. The number of halogens is 3. The number of fused-ring (bicyclic) bond motifs is 1. The van der Waals surface area contributed by atoms with Crippen molar-refractivity contribution < 1.29 is 18.0 Å². The third kappa shape index (κ3) is 8.34. The second kappa shape index (κ2) is 11.9. The number of thiazole rings is 1. The van der Waals surface area contributed by atoms with Gasteiger partial charge in [0.2, 0.25) is 0 Å². The van der Waals surface area contributed by atoms with Crippen LogP contribution >= 0.6 is 11.3 Å². The molecule has 0 radical (unpaired) electrons. The van der Waals surface area contributed by atoms with E-state index in [1.165, 1.54) is 19.3 Å². The molecule has 35 heavy (non-hydrogen) atoms. The fraction of sp³-hybridized carbons (Fsp3) is 0.692. The summed E-state index contributed by atoms with van der Waals surface area (Å²) in [7, 11) is 0. The van der Waals surface area contributed by atoms with Gasteiger partial charge in [0.15, 0.2) is 0 Å². The first kappa shape index (κ1) is 26.2. The summed E-state index contributed by atoms with van der Waals surface area (Å²) in [6.45, 7) is 4.85. The molecule has 0 spiro atoms. The first-order chi connectivity index (χ1) is 16.7. The number of rotatable bonds is 9. The maximum Gasteiger partial charge on any atom is 0.389 e. The lowest BCUT2D eigenvalue weighted by Crippen LogP contribution is -2.29. The van der Waals surface area contributed by atoms with Crippen LogP contribution in [0.2, 0.25) is 0 Å². The van der Waals surface area contributed by atoms with Gasteiger partial charge in [0.1, 0.15) is 11.6 Å². The van der Waals surface area contributed by atoms with Crippen molar-refractivity contribution >= 4 is 17.1 Å². The highest BCUT2D eigenvalue weighted by Gasteiger charge is 2.28. The van der Waals surface area contributed by atoms with Crippen LogP contribution in [-0.4, -0.2) is 51.4 Å². The molecule has 9 heteroatoms. The summed E-state index contributed by atoms with van der Waals surface area (Å²) in [5.74, 6) is 1.87. The van der Waals surface area contributed by atoms with Crippen LogP contribution in [0.4, 0.5) is 13.2 Å². The molecule has 3 heterocycles. The molecular weight excluding hydrogens is 473 g/mol. The summed E-state index contributed by atoms with van der Waals surface area (Å²) >= 11 is 1.61. The Kier molecular flexibility index (Phi) is 8.92. The van der Waals surface area contributed by atoms with Gasteiger partial charge in [-0.05, 0) is 56.6 Å². The fourth-order valence-electron chi connectivity index (χ4n) is 5.33. The number of carbonyl (C=O) groups is 1. The van der Waals surface area contributed by atoms with Crippen LogP contribution in [0.5, 0.6) is 0 Å². The summed E-state index contributed by atoms with van der Waals surface area (Å²) < 4.78 is 37.5. The van der Waals surface area contributed by atoms with E-state index < -0.39 is 12.6 Å². The Bertz CT molecular complexity index is 985. The monoisotopic (exact) mass is 508 g/mol. The molecule has 1 saturated carbocycles. The topological polar surface area (TPSA) is 59.0 Å². The molecule has 4 rings (SSSR count). The summed E-state index contributed by atoms with van der Waals surface area (Å²) in [6.07, 6.45) is 7.03. The average Bonchev–Trinajstić information content (AvgIpc) is 3.10. The number of aromatic nitrogens is 3. The molecule has 192 valence electrons. The minimum atomic E-state index is -4.18. The van der Waals surface area contributed by atoms with Gasteiger partial charge in [0.25, 0.3) is 0 Å². The summed E-state index contributed by atoms with van der Waals surface area (Å²) in [5, 5.41) is 1.01. The van der Waals surface area contributed by atoms with Crippen molar-refractivity contribution in [3.8, 4) is 0 Å². The molecule has 2 aliphatic rings. The standard InChI is InChI=1S/C26H35F3N4OS/c1-18-30-17-23(35-18)15-22(34)14-20-4-2-19(3-5-20)7-11-33-12-8-21-16-31-25(6-10-26(27,28)29)32-24(21)9-13-33/h16-17,19-20H,2-15H2,1H3. The van der Waals surface area contributed by atoms with Crippen LogP contribution in [0.1, 0.15) is 71.9 Å². The van der Waals surface area contributed by atoms with Crippen LogP contribution in [0.3, 0.4) is 0 Å². The largest absolute Gasteiger partial charge is 0.389 e. The van der Waals surface area contributed by atoms with E-state index in [9.17, 15) is 18.0 Å². The van der Waals surface area contributed by atoms with Gasteiger partial charge in [-0.15, -0.1) is 11.3 Å². The molecule has 2 aromatic rings. The predicted molar refractivity (Wildman–Crippen MR) is 131 cm³/mol. The van der Waals surface area contributed by atoms with E-state index in [1.807, 2.05) is 13.1 Å². The summed E-state index contributed by atoms with van der Waals surface area (Å²) in [4.78, 5) is 28.8. The molecular formula is C26H35F3N4OS. The Hall–Kier alpha value is -1.87. The van der Waals surface area contributed by atoms with Gasteiger partial charge in [0.05, 0.1) is 11.4 Å². The normalized spacial score (nSPS) is 21.5. The highest BCUT2D eigenvalue weighted by molar-refractivity contribution is 7.11. The maximum absolute atomic E-state index is 12.5. The second-order valence-electron chi connectivity index (χ2n) is 10.2. The Balaban J connectivity index is 1.16. The minimum Gasteiger partial charge on any atom is -0.303 e. The van der Waals surface area contributed by atoms with Crippen LogP contribution in [0.25, 0.3) is 0 Å². The number of Topliss-reactive ketones (excluding diaryl/α,β-unsaturated/α-hetero) is 1. The molecule has 0 unspecified atom stereocenters. The first-order valence-electron chi connectivity index (χ1n) is 12.8. The summed E-state index contributed by atoms with van der Waals surface area (Å²) in [5.41, 5.74) is 1.99. The first-order valence-corrected chi connectivity index (χ1v) is 13.6. The zero-order valence-corrected chi connectivity index (χ0v) is 21.3. The van der Waals surface area contributed by atoms with Crippen molar-refractivity contribution in [2.75, 3.05) is 19.6 Å². The molecule has 0 atom stereocenters. The summed E-state index contributed by atoms with van der Waals surface area (Å²) in [6, 6.07) is 0. The number of carbonyl (C=O) groups excluding carboxylic acids is 1. The zero-order chi connectivity index (χ0) is 24.8. The van der Waals surface area contributed by atoms with Gasteiger partial charge in [-0.1, -0.05) is 12.8 Å². The highest BCUT2D eigenvalue weighted by atomic mass is 32.1. The lowest BCUT2D eigenvalue weighted by Gasteiger charge is -2.30. The number of hydrogen-bond donors (Lipinski definition) is 0. The molecule has 5 nitrogen and oxygen atoms in total. The van der Waals surface area contributed by atoms with Gasteiger partial charge in [-0.25, -0.2) is 15.0 Å². The average molecular weight is 509 g/mol. The van der Waals surface area contributed by atoms with Gasteiger partial charge < -0.3 is 4.90 Å². The van der Waals surface area contributed by atoms with E-state index in [0.717, 1.165) is 66.5 Å². The van der Waals surface area contributed by atoms with Crippen molar-refractivity contribution in [1.29, 1.82) is 0 Å². The smallest absolute Gasteiger partial charge is 0.303 e. The molecule has 0 bridgehead atoms. The van der Waals surface area contributed by atoms with E-state index in [-0.39, 0.29) is 6.42 Å². The maximum atomic E-state index is 12.5. The zero-order valence-electron chi connectivity index (χ0n) is 20.4. The lowest BCUT2D eigenvalue weighted by molar-refractivity contribution is -0.134. The van der Waals surface area contributed by atoms with Crippen molar-refractivity contribution in [3.63, 3.8) is 0 Å². The number of aryl methyl sites for hydroxylation is 2. The highest BCUT2D eigenvalue weighted by Crippen LogP contribution is 2.33. The Morgan fingerprint density at radius 1 is 1.09 bits per heavy atom.